The highest BCUT2D eigenvalue weighted by Gasteiger charge is 2.59. The lowest BCUT2D eigenvalue weighted by molar-refractivity contribution is -0.146. The zero-order valence-corrected chi connectivity index (χ0v) is 12.3. The van der Waals surface area contributed by atoms with Gasteiger partial charge in [0.2, 0.25) is 5.60 Å². The molecular weight excluding hydrogens is 299 g/mol. The molecule has 0 aromatic heterocycles. The Bertz CT molecular complexity index is 473. The summed E-state index contributed by atoms with van der Waals surface area (Å²) in [5, 5.41) is 9.52. The molecule has 1 aromatic rings. The Morgan fingerprint density at radius 1 is 1.38 bits per heavy atom. The normalized spacial score (nSPS) is 21.8. The summed E-state index contributed by atoms with van der Waals surface area (Å²) in [6.07, 6.45) is 0.948. The first-order valence-electron chi connectivity index (χ1n) is 6.94. The van der Waals surface area contributed by atoms with Crippen LogP contribution in [0.5, 0.6) is 5.75 Å². The lowest BCUT2D eigenvalue weighted by Crippen LogP contribution is -2.35. The Morgan fingerprint density at radius 2 is 2.05 bits per heavy atom. The van der Waals surface area contributed by atoms with Gasteiger partial charge in [0.15, 0.2) is 0 Å². The van der Waals surface area contributed by atoms with Gasteiger partial charge in [-0.25, -0.2) is 9.18 Å². The van der Waals surface area contributed by atoms with Crippen LogP contribution < -0.4 is 4.74 Å². The van der Waals surface area contributed by atoms with Crippen LogP contribution in [0, 0.1) is 0 Å². The molecule has 0 amide bonds. The van der Waals surface area contributed by atoms with E-state index in [0.717, 1.165) is 18.6 Å². The van der Waals surface area contributed by atoms with Gasteiger partial charge in [0, 0.05) is 5.02 Å². The maximum absolute atomic E-state index is 13.8. The SMILES string of the molecule is O=C(O)C1(C(F)CCCCCOc2ccc(Cl)cc2)CO1. The molecule has 4 nitrogen and oxygen atoms in total. The van der Waals surface area contributed by atoms with Crippen molar-refractivity contribution in [2.24, 2.45) is 0 Å². The summed E-state index contributed by atoms with van der Waals surface area (Å²) in [5.41, 5.74) is -1.57. The van der Waals surface area contributed by atoms with E-state index in [1.165, 1.54) is 0 Å². The largest absolute Gasteiger partial charge is 0.494 e. The number of unbranched alkanes of at least 4 members (excludes halogenated alkanes) is 2. The number of alkyl halides is 1. The number of hydrogen-bond donors (Lipinski definition) is 1. The number of benzene rings is 1. The molecule has 0 aliphatic carbocycles. The minimum Gasteiger partial charge on any atom is -0.494 e. The fourth-order valence-corrected chi connectivity index (χ4v) is 2.20. The minimum absolute atomic E-state index is 0.0246. The van der Waals surface area contributed by atoms with Crippen LogP contribution in [0.2, 0.25) is 5.02 Å². The van der Waals surface area contributed by atoms with Gasteiger partial charge in [0.1, 0.15) is 11.9 Å². The number of carboxylic acids is 1. The third-order valence-corrected chi connectivity index (χ3v) is 3.76. The van der Waals surface area contributed by atoms with Crippen LogP contribution in [0.1, 0.15) is 25.7 Å². The number of carboxylic acid groups (broad SMARTS) is 1. The molecule has 1 fully saturated rings. The molecule has 0 radical (unpaired) electrons. The van der Waals surface area contributed by atoms with Crippen LogP contribution >= 0.6 is 11.6 Å². The number of hydrogen-bond acceptors (Lipinski definition) is 3. The van der Waals surface area contributed by atoms with Crippen molar-refractivity contribution in [3.63, 3.8) is 0 Å². The molecule has 2 atom stereocenters. The minimum atomic E-state index is -1.57. The lowest BCUT2D eigenvalue weighted by Gasteiger charge is -2.12. The van der Waals surface area contributed by atoms with Gasteiger partial charge in [-0.2, -0.15) is 0 Å². The lowest BCUT2D eigenvalue weighted by atomic mass is 9.99. The number of aliphatic carboxylic acids is 1. The standard InChI is InChI=1S/C15H18ClFO4/c16-11-5-7-12(8-6-11)20-9-3-1-2-4-13(17)15(10-21-15)14(18)19/h5-8,13H,1-4,9-10H2,(H,18,19). The Kier molecular flexibility index (Phi) is 5.42. The highest BCUT2D eigenvalue weighted by Crippen LogP contribution is 2.35. The van der Waals surface area contributed by atoms with Gasteiger partial charge in [0.05, 0.1) is 13.2 Å². The van der Waals surface area contributed by atoms with Crippen LogP contribution in [0.25, 0.3) is 0 Å². The average molecular weight is 317 g/mol. The van der Waals surface area contributed by atoms with E-state index in [-0.39, 0.29) is 13.0 Å². The van der Waals surface area contributed by atoms with Crippen molar-refractivity contribution in [3.8, 4) is 5.75 Å². The zero-order valence-electron chi connectivity index (χ0n) is 11.6. The molecule has 1 aliphatic heterocycles. The maximum atomic E-state index is 13.8. The highest BCUT2D eigenvalue weighted by atomic mass is 35.5. The third kappa shape index (κ3) is 4.32. The molecular formula is C15H18ClFO4. The van der Waals surface area contributed by atoms with Crippen LogP contribution in [0.4, 0.5) is 4.39 Å². The third-order valence-electron chi connectivity index (χ3n) is 3.51. The first-order valence-corrected chi connectivity index (χ1v) is 7.32. The van der Waals surface area contributed by atoms with Gasteiger partial charge in [-0.1, -0.05) is 18.0 Å². The molecule has 1 heterocycles. The molecule has 116 valence electrons. The molecule has 1 saturated heterocycles. The van der Waals surface area contributed by atoms with E-state index in [4.69, 9.17) is 26.2 Å². The van der Waals surface area contributed by atoms with E-state index in [2.05, 4.69) is 0 Å². The van der Waals surface area contributed by atoms with E-state index in [0.29, 0.717) is 18.1 Å². The Labute approximate surface area is 127 Å². The van der Waals surface area contributed by atoms with E-state index < -0.39 is 17.7 Å². The first kappa shape index (κ1) is 16.0. The van der Waals surface area contributed by atoms with Crippen LogP contribution in [0.15, 0.2) is 24.3 Å². The zero-order chi connectivity index (χ0) is 15.3. The quantitative estimate of drug-likeness (QED) is 0.560. The molecule has 2 unspecified atom stereocenters. The van der Waals surface area contributed by atoms with E-state index in [1.807, 2.05) is 0 Å². The van der Waals surface area contributed by atoms with Gasteiger partial charge >= 0.3 is 5.97 Å². The summed E-state index contributed by atoms with van der Waals surface area (Å²) < 4.78 is 24.0. The van der Waals surface area contributed by atoms with Gasteiger partial charge in [-0.05, 0) is 43.5 Å². The number of epoxide rings is 1. The fraction of sp³-hybridized carbons (Fsp3) is 0.533. The van der Waals surface area contributed by atoms with E-state index >= 15 is 0 Å². The van der Waals surface area contributed by atoms with Crippen molar-refractivity contribution in [3.05, 3.63) is 29.3 Å². The average Bonchev–Trinajstić information content (AvgIpc) is 3.26. The highest BCUT2D eigenvalue weighted by molar-refractivity contribution is 6.30. The molecule has 21 heavy (non-hydrogen) atoms. The van der Waals surface area contributed by atoms with Crippen molar-refractivity contribution in [1.82, 2.24) is 0 Å². The van der Waals surface area contributed by atoms with Crippen LogP contribution in [0.3, 0.4) is 0 Å². The molecule has 0 saturated carbocycles. The maximum Gasteiger partial charge on any atom is 0.341 e. The summed E-state index contributed by atoms with van der Waals surface area (Å²) in [5.74, 6) is -0.458. The van der Waals surface area contributed by atoms with Crippen LogP contribution in [-0.2, 0) is 9.53 Å². The summed E-state index contributed by atoms with van der Waals surface area (Å²) in [6.45, 7) is 0.516. The molecule has 1 aliphatic rings. The van der Waals surface area contributed by atoms with E-state index in [9.17, 15) is 9.18 Å². The fourth-order valence-electron chi connectivity index (χ4n) is 2.07. The van der Waals surface area contributed by atoms with Gasteiger partial charge < -0.3 is 14.6 Å². The number of rotatable bonds is 9. The molecule has 1 N–H and O–H groups in total. The Morgan fingerprint density at radius 3 is 2.62 bits per heavy atom. The summed E-state index contributed by atoms with van der Waals surface area (Å²) in [4.78, 5) is 10.8. The van der Waals surface area contributed by atoms with Crippen molar-refractivity contribution >= 4 is 17.6 Å². The van der Waals surface area contributed by atoms with Crippen molar-refractivity contribution in [2.45, 2.75) is 37.5 Å². The van der Waals surface area contributed by atoms with Crippen molar-refractivity contribution in [1.29, 1.82) is 0 Å². The number of ether oxygens (including phenoxy) is 2. The van der Waals surface area contributed by atoms with Crippen molar-refractivity contribution < 1.29 is 23.8 Å². The molecule has 0 bridgehead atoms. The first-order chi connectivity index (χ1) is 10.0. The number of halogens is 2. The van der Waals surface area contributed by atoms with Gasteiger partial charge in [-0.15, -0.1) is 0 Å². The Hall–Kier alpha value is -1.33. The summed E-state index contributed by atoms with van der Waals surface area (Å²) >= 11 is 5.76. The monoisotopic (exact) mass is 316 g/mol. The predicted octanol–water partition coefficient (Wildman–Crippen LogP) is 3.47. The molecule has 0 spiro atoms. The number of carbonyl (C=O) groups is 1. The summed E-state index contributed by atoms with van der Waals surface area (Å²) in [6, 6.07) is 7.10. The van der Waals surface area contributed by atoms with Gasteiger partial charge in [-0.3, -0.25) is 0 Å². The van der Waals surface area contributed by atoms with Crippen molar-refractivity contribution in [2.75, 3.05) is 13.2 Å². The predicted molar refractivity (Wildman–Crippen MR) is 76.6 cm³/mol. The summed E-state index contributed by atoms with van der Waals surface area (Å²) in [7, 11) is 0. The second-order valence-corrected chi connectivity index (χ2v) is 5.54. The molecule has 1 aromatic carbocycles. The van der Waals surface area contributed by atoms with Gasteiger partial charge in [0.25, 0.3) is 0 Å². The second-order valence-electron chi connectivity index (χ2n) is 5.10. The van der Waals surface area contributed by atoms with Crippen LogP contribution in [-0.4, -0.2) is 36.1 Å². The Balaban J connectivity index is 1.56. The smallest absolute Gasteiger partial charge is 0.341 e. The second kappa shape index (κ2) is 7.09. The van der Waals surface area contributed by atoms with E-state index in [1.54, 1.807) is 24.3 Å². The molecule has 2 rings (SSSR count). The molecule has 6 heteroatoms. The topological polar surface area (TPSA) is 59.1 Å².